The van der Waals surface area contributed by atoms with E-state index in [0.29, 0.717) is 11.8 Å². The van der Waals surface area contributed by atoms with Crippen LogP contribution in [0.4, 0.5) is 0 Å². The molecule has 206 valence electrons. The van der Waals surface area contributed by atoms with Crippen LogP contribution in [0.1, 0.15) is 75.9 Å². The van der Waals surface area contributed by atoms with Crippen LogP contribution in [0.2, 0.25) is 0 Å². The van der Waals surface area contributed by atoms with Crippen LogP contribution in [0.3, 0.4) is 0 Å². The van der Waals surface area contributed by atoms with Crippen LogP contribution in [0.25, 0.3) is 22.3 Å². The van der Waals surface area contributed by atoms with Crippen molar-refractivity contribution in [2.45, 2.75) is 66.5 Å². The Morgan fingerprint density at radius 3 is 1.80 bits per heavy atom. The van der Waals surface area contributed by atoms with Gasteiger partial charge in [-0.3, -0.25) is 4.68 Å². The quantitative estimate of drug-likeness (QED) is 0.228. The molecule has 0 saturated carbocycles. The molecule has 0 radical (unpaired) electrons. The molecule has 4 aromatic heterocycles. The van der Waals surface area contributed by atoms with E-state index in [1.165, 1.54) is 11.1 Å². The zero-order chi connectivity index (χ0) is 28.5. The number of nitrogens with zero attached hydrogens (tertiary/aromatic N) is 8. The summed E-state index contributed by atoms with van der Waals surface area (Å²) in [4.78, 5) is 18.0. The first-order chi connectivity index (χ1) is 19.5. The van der Waals surface area contributed by atoms with Gasteiger partial charge >= 0.3 is 0 Å². The molecule has 0 saturated heterocycles. The van der Waals surface area contributed by atoms with Gasteiger partial charge in [-0.2, -0.15) is 10.2 Å². The molecule has 6 aromatic rings. The monoisotopic (exact) mass is 534 g/mol. The Morgan fingerprint density at radius 1 is 0.650 bits per heavy atom. The topological polar surface area (TPSA) is 87.2 Å². The minimum Gasteiger partial charge on any atom is -0.264 e. The maximum absolute atomic E-state index is 4.67. The summed E-state index contributed by atoms with van der Waals surface area (Å²) < 4.78 is 3.80. The lowest BCUT2D eigenvalue weighted by Gasteiger charge is -2.06. The van der Waals surface area contributed by atoms with Gasteiger partial charge in [0.05, 0.1) is 36.9 Å². The van der Waals surface area contributed by atoms with Crippen LogP contribution in [0.15, 0.2) is 85.5 Å². The van der Waals surface area contributed by atoms with Crippen molar-refractivity contribution in [2.24, 2.45) is 0 Å². The van der Waals surface area contributed by atoms with E-state index in [-0.39, 0.29) is 0 Å². The SMILES string of the molecule is CC.CC(C)c1cnc2cn(Cc3ccccc3)nc2n1.CC(C)c1cnc2cnn(Cc3ccccc3)c2n1. The summed E-state index contributed by atoms with van der Waals surface area (Å²) in [5.41, 5.74) is 7.70. The summed E-state index contributed by atoms with van der Waals surface area (Å²) in [6.45, 7) is 13.9. The van der Waals surface area contributed by atoms with Crippen molar-refractivity contribution < 1.29 is 0 Å². The molecular weight excluding hydrogens is 496 g/mol. The molecule has 0 unspecified atom stereocenters. The zero-order valence-electron chi connectivity index (χ0n) is 24.2. The van der Waals surface area contributed by atoms with E-state index in [1.54, 1.807) is 6.20 Å². The minimum atomic E-state index is 0.371. The summed E-state index contributed by atoms with van der Waals surface area (Å²) in [7, 11) is 0. The number of hydrogen-bond acceptors (Lipinski definition) is 6. The van der Waals surface area contributed by atoms with Gasteiger partial charge in [-0.25, -0.2) is 24.6 Å². The van der Waals surface area contributed by atoms with Crippen molar-refractivity contribution in [1.82, 2.24) is 39.5 Å². The standard InChI is InChI=1S/2C15H16N4.C2H6/c1-11(2)13-8-16-14-9-17-19(15(14)18-13)10-12-6-4-3-5-7-12;1-11(2)13-8-16-14-10-19(18-15(14)17-13)9-12-6-4-3-5-7-12;1-2/h3-9,11H,10H2,1-2H3;3-8,10-11H,9H2,1-2H3;1-2H3. The Morgan fingerprint density at radius 2 is 1.20 bits per heavy atom. The second kappa shape index (κ2) is 13.6. The fourth-order valence-electron chi connectivity index (χ4n) is 4.00. The lowest BCUT2D eigenvalue weighted by Crippen LogP contribution is -2.04. The van der Waals surface area contributed by atoms with Gasteiger partial charge in [0.15, 0.2) is 11.3 Å². The molecule has 0 bridgehead atoms. The highest BCUT2D eigenvalue weighted by Crippen LogP contribution is 2.16. The first-order valence-electron chi connectivity index (χ1n) is 13.9. The van der Waals surface area contributed by atoms with Crippen LogP contribution >= 0.6 is 0 Å². The first-order valence-corrected chi connectivity index (χ1v) is 13.9. The lowest BCUT2D eigenvalue weighted by molar-refractivity contribution is 0.692. The fraction of sp³-hybridized carbons (Fsp3) is 0.312. The molecule has 8 heteroatoms. The van der Waals surface area contributed by atoms with Gasteiger partial charge in [0, 0.05) is 12.4 Å². The highest BCUT2D eigenvalue weighted by Gasteiger charge is 2.10. The van der Waals surface area contributed by atoms with Crippen molar-refractivity contribution in [2.75, 3.05) is 0 Å². The molecule has 8 nitrogen and oxygen atoms in total. The Balaban J connectivity index is 0.000000174. The van der Waals surface area contributed by atoms with Gasteiger partial charge < -0.3 is 0 Å². The highest BCUT2D eigenvalue weighted by atomic mass is 15.3. The Bertz CT molecular complexity index is 1610. The summed E-state index contributed by atoms with van der Waals surface area (Å²) >= 11 is 0. The molecule has 0 aliphatic heterocycles. The molecule has 6 rings (SSSR count). The van der Waals surface area contributed by atoms with Crippen molar-refractivity contribution in [1.29, 1.82) is 0 Å². The van der Waals surface area contributed by atoms with E-state index < -0.39 is 0 Å². The Kier molecular flexibility index (Phi) is 9.67. The van der Waals surface area contributed by atoms with Gasteiger partial charge in [-0.05, 0) is 23.0 Å². The summed E-state index contributed by atoms with van der Waals surface area (Å²) in [5.74, 6) is 0.744. The van der Waals surface area contributed by atoms with Crippen LogP contribution in [-0.4, -0.2) is 39.5 Å². The molecule has 0 fully saturated rings. The highest BCUT2D eigenvalue weighted by molar-refractivity contribution is 5.69. The third-order valence-electron chi connectivity index (χ3n) is 6.20. The molecule has 4 heterocycles. The van der Waals surface area contributed by atoms with E-state index in [9.17, 15) is 0 Å². The number of aromatic nitrogens is 8. The molecule has 0 amide bonds. The van der Waals surface area contributed by atoms with Crippen LogP contribution in [0.5, 0.6) is 0 Å². The van der Waals surface area contributed by atoms with Gasteiger partial charge in [-0.15, -0.1) is 0 Å². The van der Waals surface area contributed by atoms with E-state index in [1.807, 2.05) is 78.2 Å². The number of hydrogen-bond donors (Lipinski definition) is 0. The number of fused-ring (bicyclic) bond motifs is 2. The maximum atomic E-state index is 4.67. The van der Waals surface area contributed by atoms with Crippen LogP contribution in [-0.2, 0) is 13.1 Å². The molecule has 0 spiro atoms. The van der Waals surface area contributed by atoms with Crippen molar-refractivity contribution in [3.8, 4) is 0 Å². The number of rotatable bonds is 6. The van der Waals surface area contributed by atoms with E-state index in [2.05, 4.69) is 82.1 Å². The summed E-state index contributed by atoms with van der Waals surface area (Å²) in [5, 5.41) is 8.88. The third kappa shape index (κ3) is 7.14. The third-order valence-corrected chi connectivity index (χ3v) is 6.20. The molecule has 0 atom stereocenters. The van der Waals surface area contributed by atoms with Gasteiger partial charge in [0.25, 0.3) is 0 Å². The Labute approximate surface area is 236 Å². The molecule has 40 heavy (non-hydrogen) atoms. The second-order valence-electron chi connectivity index (χ2n) is 9.92. The predicted molar refractivity (Wildman–Crippen MR) is 161 cm³/mol. The van der Waals surface area contributed by atoms with Crippen LogP contribution < -0.4 is 0 Å². The van der Waals surface area contributed by atoms with Crippen molar-refractivity contribution >= 4 is 22.3 Å². The molecule has 0 N–H and O–H groups in total. The molecule has 2 aromatic carbocycles. The number of benzene rings is 2. The first kappa shape index (κ1) is 28.5. The lowest BCUT2D eigenvalue weighted by atomic mass is 10.1. The summed E-state index contributed by atoms with van der Waals surface area (Å²) in [6, 6.07) is 20.5. The minimum absolute atomic E-state index is 0.371. The zero-order valence-corrected chi connectivity index (χ0v) is 24.2. The van der Waals surface area contributed by atoms with Crippen molar-refractivity contribution in [3.05, 3.63) is 108 Å². The Hall–Kier alpha value is -4.46. The predicted octanol–water partition coefficient (Wildman–Crippen LogP) is 7.02. The summed E-state index contributed by atoms with van der Waals surface area (Å²) in [6.07, 6.45) is 7.39. The van der Waals surface area contributed by atoms with Gasteiger partial charge in [-0.1, -0.05) is 102 Å². The van der Waals surface area contributed by atoms with E-state index >= 15 is 0 Å². The van der Waals surface area contributed by atoms with Crippen molar-refractivity contribution in [3.63, 3.8) is 0 Å². The molecule has 0 aliphatic rings. The average molecular weight is 535 g/mol. The maximum Gasteiger partial charge on any atom is 0.200 e. The molecule has 0 aliphatic carbocycles. The van der Waals surface area contributed by atoms with E-state index in [4.69, 9.17) is 0 Å². The van der Waals surface area contributed by atoms with E-state index in [0.717, 1.165) is 46.8 Å². The smallest absolute Gasteiger partial charge is 0.200 e. The van der Waals surface area contributed by atoms with Crippen LogP contribution in [0, 0.1) is 0 Å². The average Bonchev–Trinajstić information content (AvgIpc) is 3.58. The molecular formula is C32H38N8. The van der Waals surface area contributed by atoms with Gasteiger partial charge in [0.2, 0.25) is 0 Å². The normalized spacial score (nSPS) is 10.9. The second-order valence-corrected chi connectivity index (χ2v) is 9.92. The fourth-order valence-corrected chi connectivity index (χ4v) is 4.00. The van der Waals surface area contributed by atoms with Gasteiger partial charge in [0.1, 0.15) is 11.0 Å². The largest absolute Gasteiger partial charge is 0.264 e.